The molecule has 0 bridgehead atoms. The summed E-state index contributed by atoms with van der Waals surface area (Å²) < 4.78 is 5.03. The normalized spacial score (nSPS) is 22.0. The van der Waals surface area contributed by atoms with Gasteiger partial charge in [-0.2, -0.15) is 0 Å². The molecular weight excluding hydrogens is 166 g/mol. The average molecular weight is 179 g/mol. The van der Waals surface area contributed by atoms with Gasteiger partial charge in [0.05, 0.1) is 6.26 Å². The van der Waals surface area contributed by atoms with Gasteiger partial charge in [0.2, 0.25) is 0 Å². The lowest BCUT2D eigenvalue weighted by Gasteiger charge is -2.06. The maximum atomic E-state index is 11.5. The zero-order valence-electron chi connectivity index (χ0n) is 7.45. The fourth-order valence-electron chi connectivity index (χ4n) is 1.69. The van der Waals surface area contributed by atoms with Crippen molar-refractivity contribution in [2.24, 2.45) is 0 Å². The molecule has 70 valence electrons. The molecule has 0 saturated carbocycles. The summed E-state index contributed by atoms with van der Waals surface area (Å²) in [6, 6.07) is 3.82. The monoisotopic (exact) mass is 179 g/mol. The van der Waals surface area contributed by atoms with E-state index < -0.39 is 0 Å². The fourth-order valence-corrected chi connectivity index (χ4v) is 1.69. The Hall–Kier alpha value is -1.09. The quantitative estimate of drug-likeness (QED) is 0.717. The molecule has 0 aromatic carbocycles. The van der Waals surface area contributed by atoms with Crippen LogP contribution in [0.4, 0.5) is 0 Å². The lowest BCUT2D eigenvalue weighted by Crippen LogP contribution is -2.24. The Kier molecular flexibility index (Phi) is 2.45. The van der Waals surface area contributed by atoms with Gasteiger partial charge < -0.3 is 9.73 Å². The van der Waals surface area contributed by atoms with E-state index in [9.17, 15) is 4.79 Å². The topological polar surface area (TPSA) is 42.2 Å². The van der Waals surface area contributed by atoms with E-state index in [2.05, 4.69) is 5.32 Å². The maximum Gasteiger partial charge on any atom is 0.199 e. The molecule has 1 aliphatic rings. The highest BCUT2D eigenvalue weighted by molar-refractivity contribution is 5.93. The summed E-state index contributed by atoms with van der Waals surface area (Å²) in [5.74, 6) is 0.582. The summed E-state index contributed by atoms with van der Waals surface area (Å²) in [5.41, 5.74) is 0. The molecule has 0 amide bonds. The van der Waals surface area contributed by atoms with Crippen LogP contribution in [0.25, 0.3) is 0 Å². The first-order valence-corrected chi connectivity index (χ1v) is 4.66. The fraction of sp³-hybridized carbons (Fsp3) is 0.500. The zero-order valence-corrected chi connectivity index (χ0v) is 7.45. The van der Waals surface area contributed by atoms with E-state index in [1.807, 2.05) is 0 Å². The van der Waals surface area contributed by atoms with E-state index in [4.69, 9.17) is 4.42 Å². The Morgan fingerprint density at radius 2 is 2.62 bits per heavy atom. The number of furan rings is 1. The van der Waals surface area contributed by atoms with Crippen LogP contribution in [-0.2, 0) is 0 Å². The molecule has 0 aliphatic carbocycles. The van der Waals surface area contributed by atoms with Gasteiger partial charge in [0, 0.05) is 12.5 Å². The van der Waals surface area contributed by atoms with Gasteiger partial charge in [-0.1, -0.05) is 0 Å². The number of hydrogen-bond donors (Lipinski definition) is 1. The SMILES string of the molecule is O=C(C[C@H]1CCCN1)c1ccco1. The average Bonchev–Trinajstić information content (AvgIpc) is 2.74. The van der Waals surface area contributed by atoms with Crippen LogP contribution in [0.5, 0.6) is 0 Å². The van der Waals surface area contributed by atoms with Crippen molar-refractivity contribution in [2.45, 2.75) is 25.3 Å². The Bertz CT molecular complexity index is 273. The smallest absolute Gasteiger partial charge is 0.199 e. The first kappa shape index (κ1) is 8.51. The lowest BCUT2D eigenvalue weighted by atomic mass is 10.1. The van der Waals surface area contributed by atoms with Crippen LogP contribution in [-0.4, -0.2) is 18.4 Å². The number of Topliss-reactive ketones (excluding diaryl/α,β-unsaturated/α-hetero) is 1. The van der Waals surface area contributed by atoms with Crippen LogP contribution in [0.15, 0.2) is 22.8 Å². The second-order valence-electron chi connectivity index (χ2n) is 3.40. The van der Waals surface area contributed by atoms with Crippen LogP contribution >= 0.6 is 0 Å². The third kappa shape index (κ3) is 1.98. The molecule has 1 aromatic heterocycles. The van der Waals surface area contributed by atoms with Crippen LogP contribution in [0.2, 0.25) is 0 Å². The molecule has 0 radical (unpaired) electrons. The third-order valence-electron chi connectivity index (χ3n) is 2.39. The Morgan fingerprint density at radius 3 is 3.23 bits per heavy atom. The van der Waals surface area contributed by atoms with Crippen molar-refractivity contribution in [1.29, 1.82) is 0 Å². The van der Waals surface area contributed by atoms with Crippen molar-refractivity contribution in [3.05, 3.63) is 24.2 Å². The number of carbonyl (C=O) groups excluding carboxylic acids is 1. The minimum Gasteiger partial charge on any atom is -0.461 e. The van der Waals surface area contributed by atoms with Gasteiger partial charge in [-0.25, -0.2) is 0 Å². The molecule has 1 aliphatic heterocycles. The highest BCUT2D eigenvalue weighted by atomic mass is 16.3. The molecule has 1 atom stereocenters. The van der Waals surface area contributed by atoms with Gasteiger partial charge in [-0.15, -0.1) is 0 Å². The molecule has 2 rings (SSSR count). The van der Waals surface area contributed by atoms with Crippen LogP contribution in [0, 0.1) is 0 Å². The summed E-state index contributed by atoms with van der Waals surface area (Å²) >= 11 is 0. The van der Waals surface area contributed by atoms with Gasteiger partial charge in [0.25, 0.3) is 0 Å². The predicted molar refractivity (Wildman–Crippen MR) is 48.7 cm³/mol. The summed E-state index contributed by atoms with van der Waals surface area (Å²) in [6.45, 7) is 1.04. The van der Waals surface area contributed by atoms with Gasteiger partial charge in [0.1, 0.15) is 0 Å². The second kappa shape index (κ2) is 3.75. The number of hydrogen-bond acceptors (Lipinski definition) is 3. The first-order valence-electron chi connectivity index (χ1n) is 4.66. The van der Waals surface area contributed by atoms with Gasteiger partial charge in [0.15, 0.2) is 11.5 Å². The first-order chi connectivity index (χ1) is 6.36. The molecule has 1 fully saturated rings. The van der Waals surface area contributed by atoms with Crippen molar-refractivity contribution < 1.29 is 9.21 Å². The molecule has 13 heavy (non-hydrogen) atoms. The minimum absolute atomic E-state index is 0.101. The molecule has 1 N–H and O–H groups in total. The van der Waals surface area contributed by atoms with E-state index in [0.717, 1.165) is 13.0 Å². The summed E-state index contributed by atoms with van der Waals surface area (Å²) in [6.07, 6.45) is 4.38. The van der Waals surface area contributed by atoms with Crippen molar-refractivity contribution in [2.75, 3.05) is 6.54 Å². The van der Waals surface area contributed by atoms with E-state index in [0.29, 0.717) is 18.2 Å². The minimum atomic E-state index is 0.101. The maximum absolute atomic E-state index is 11.5. The van der Waals surface area contributed by atoms with Crippen molar-refractivity contribution in [3.63, 3.8) is 0 Å². The predicted octanol–water partition coefficient (Wildman–Crippen LogP) is 1.60. The molecule has 1 saturated heterocycles. The number of carbonyl (C=O) groups is 1. The number of rotatable bonds is 3. The molecule has 0 unspecified atom stereocenters. The molecule has 2 heterocycles. The highest BCUT2D eigenvalue weighted by Crippen LogP contribution is 2.12. The van der Waals surface area contributed by atoms with Gasteiger partial charge in [-0.05, 0) is 31.5 Å². The van der Waals surface area contributed by atoms with Gasteiger partial charge >= 0.3 is 0 Å². The van der Waals surface area contributed by atoms with Gasteiger partial charge in [-0.3, -0.25) is 4.79 Å². The van der Waals surface area contributed by atoms with Crippen molar-refractivity contribution >= 4 is 5.78 Å². The van der Waals surface area contributed by atoms with Crippen LogP contribution in [0.3, 0.4) is 0 Å². The molecular formula is C10H13NO2. The second-order valence-corrected chi connectivity index (χ2v) is 3.40. The van der Waals surface area contributed by atoms with E-state index in [1.54, 1.807) is 12.1 Å². The summed E-state index contributed by atoms with van der Waals surface area (Å²) in [4.78, 5) is 11.5. The summed E-state index contributed by atoms with van der Waals surface area (Å²) in [5, 5.41) is 3.29. The zero-order chi connectivity index (χ0) is 9.10. The largest absolute Gasteiger partial charge is 0.461 e. The Balaban J connectivity index is 1.91. The highest BCUT2D eigenvalue weighted by Gasteiger charge is 2.19. The number of nitrogens with one attached hydrogen (secondary N) is 1. The number of ketones is 1. The van der Waals surface area contributed by atoms with Crippen molar-refractivity contribution in [3.8, 4) is 0 Å². The molecule has 3 nitrogen and oxygen atoms in total. The lowest BCUT2D eigenvalue weighted by molar-refractivity contribution is 0.0944. The summed E-state index contributed by atoms with van der Waals surface area (Å²) in [7, 11) is 0. The van der Waals surface area contributed by atoms with Crippen LogP contribution < -0.4 is 5.32 Å². The van der Waals surface area contributed by atoms with Crippen molar-refractivity contribution in [1.82, 2.24) is 5.32 Å². The van der Waals surface area contributed by atoms with E-state index in [1.165, 1.54) is 12.7 Å². The Morgan fingerprint density at radius 1 is 1.69 bits per heavy atom. The molecule has 1 aromatic rings. The van der Waals surface area contributed by atoms with Crippen LogP contribution in [0.1, 0.15) is 29.8 Å². The molecule has 0 spiro atoms. The Labute approximate surface area is 77.1 Å². The van der Waals surface area contributed by atoms with E-state index in [-0.39, 0.29) is 5.78 Å². The third-order valence-corrected chi connectivity index (χ3v) is 2.39. The van der Waals surface area contributed by atoms with E-state index >= 15 is 0 Å². The standard InChI is InChI=1S/C10H13NO2/c12-9(10-4-2-6-13-10)7-8-3-1-5-11-8/h2,4,6,8,11H,1,3,5,7H2/t8-/m1/s1. The molecule has 3 heteroatoms.